The number of carbonyl (C=O) groups is 1. The van der Waals surface area contributed by atoms with E-state index in [9.17, 15) is 4.79 Å². The van der Waals surface area contributed by atoms with Gasteiger partial charge in [-0.25, -0.2) is 0 Å². The van der Waals surface area contributed by atoms with E-state index in [0.29, 0.717) is 0 Å². The smallest absolute Gasteiger partial charge is 0.163 e. The van der Waals surface area contributed by atoms with Gasteiger partial charge in [-0.1, -0.05) is 27.7 Å². The summed E-state index contributed by atoms with van der Waals surface area (Å²) in [5.74, 6) is 0.169. The second-order valence-corrected chi connectivity index (χ2v) is 4.20. The molecule has 1 unspecified atom stereocenters. The number of Topliss-reactive ketones (excluding diaryl/α,β-unsaturated/α-hetero) is 1. The Morgan fingerprint density at radius 2 is 1.92 bits per heavy atom. The monoisotopic (exact) mass is 172 g/mol. The predicted octanol–water partition coefficient (Wildman–Crippen LogP) is 2.42. The van der Waals surface area contributed by atoms with Gasteiger partial charge in [0.25, 0.3) is 0 Å². The van der Waals surface area contributed by atoms with Crippen LogP contribution in [0.25, 0.3) is 0 Å². The lowest BCUT2D eigenvalue weighted by atomic mass is 9.91. The first kappa shape index (κ1) is 11.6. The zero-order valence-electron chi connectivity index (χ0n) is 8.81. The van der Waals surface area contributed by atoms with E-state index >= 15 is 0 Å². The molecule has 0 aromatic carbocycles. The standard InChI is InChI=1S/C10H20O2/c1-6-8(2)12-7-9(11)10(3,4)5/h8H,6-7H2,1-5H3. The van der Waals surface area contributed by atoms with Crippen molar-refractivity contribution in [1.82, 2.24) is 0 Å². The van der Waals surface area contributed by atoms with Gasteiger partial charge in [0.05, 0.1) is 6.10 Å². The molecule has 0 aliphatic carbocycles. The average Bonchev–Trinajstić information content (AvgIpc) is 1.97. The molecule has 1 atom stereocenters. The highest BCUT2D eigenvalue weighted by Crippen LogP contribution is 2.14. The zero-order valence-corrected chi connectivity index (χ0v) is 8.81. The molecule has 0 spiro atoms. The normalized spacial score (nSPS) is 14.4. The number of hydrogen-bond acceptors (Lipinski definition) is 2. The van der Waals surface area contributed by atoms with E-state index in [-0.39, 0.29) is 23.9 Å². The Kier molecular flexibility index (Phi) is 4.46. The molecule has 0 bridgehead atoms. The van der Waals surface area contributed by atoms with Crippen molar-refractivity contribution in [3.05, 3.63) is 0 Å². The van der Waals surface area contributed by atoms with Crippen molar-refractivity contribution in [2.24, 2.45) is 5.41 Å². The summed E-state index contributed by atoms with van der Waals surface area (Å²) in [6.45, 7) is 10.0. The molecule has 0 saturated heterocycles. The molecule has 0 aliphatic heterocycles. The van der Waals surface area contributed by atoms with E-state index in [4.69, 9.17) is 4.74 Å². The third-order valence-corrected chi connectivity index (χ3v) is 1.91. The summed E-state index contributed by atoms with van der Waals surface area (Å²) in [4.78, 5) is 11.4. The summed E-state index contributed by atoms with van der Waals surface area (Å²) < 4.78 is 5.33. The second-order valence-electron chi connectivity index (χ2n) is 4.20. The van der Waals surface area contributed by atoms with Crippen molar-refractivity contribution in [2.75, 3.05) is 6.61 Å². The molecule has 2 nitrogen and oxygen atoms in total. The molecule has 0 rings (SSSR count). The Labute approximate surface area is 75.3 Å². The Bertz CT molecular complexity index is 144. The van der Waals surface area contributed by atoms with Crippen LogP contribution >= 0.6 is 0 Å². The third kappa shape index (κ3) is 4.50. The Hall–Kier alpha value is -0.370. The predicted molar refractivity (Wildman–Crippen MR) is 50.2 cm³/mol. The third-order valence-electron chi connectivity index (χ3n) is 1.91. The number of ether oxygens (including phenoxy) is 1. The van der Waals surface area contributed by atoms with Crippen molar-refractivity contribution in [1.29, 1.82) is 0 Å². The summed E-state index contributed by atoms with van der Waals surface area (Å²) >= 11 is 0. The molecule has 0 aromatic heterocycles. The van der Waals surface area contributed by atoms with E-state index in [1.807, 2.05) is 34.6 Å². The van der Waals surface area contributed by atoms with Crippen LogP contribution in [0, 0.1) is 5.41 Å². The van der Waals surface area contributed by atoms with Crippen molar-refractivity contribution in [3.63, 3.8) is 0 Å². The van der Waals surface area contributed by atoms with Gasteiger partial charge >= 0.3 is 0 Å². The highest BCUT2D eigenvalue weighted by atomic mass is 16.5. The fourth-order valence-corrected chi connectivity index (χ4v) is 0.552. The molecule has 0 fully saturated rings. The van der Waals surface area contributed by atoms with E-state index in [0.717, 1.165) is 6.42 Å². The SMILES string of the molecule is CCC(C)OCC(=O)C(C)(C)C. The van der Waals surface area contributed by atoms with E-state index in [1.54, 1.807) is 0 Å². The van der Waals surface area contributed by atoms with Crippen LogP contribution in [0.5, 0.6) is 0 Å². The van der Waals surface area contributed by atoms with Gasteiger partial charge in [0.2, 0.25) is 0 Å². The minimum absolute atomic E-state index is 0.169. The van der Waals surface area contributed by atoms with E-state index in [1.165, 1.54) is 0 Å². The van der Waals surface area contributed by atoms with Crippen LogP contribution in [-0.4, -0.2) is 18.5 Å². The van der Waals surface area contributed by atoms with E-state index in [2.05, 4.69) is 0 Å². The molecule has 0 amide bonds. The molecular weight excluding hydrogens is 152 g/mol. The first-order valence-corrected chi connectivity index (χ1v) is 4.52. The van der Waals surface area contributed by atoms with Crippen molar-refractivity contribution in [3.8, 4) is 0 Å². The quantitative estimate of drug-likeness (QED) is 0.651. The lowest BCUT2D eigenvalue weighted by molar-refractivity contribution is -0.132. The molecule has 72 valence electrons. The Morgan fingerprint density at radius 3 is 2.25 bits per heavy atom. The Balaban J connectivity index is 3.73. The molecule has 0 N–H and O–H groups in total. The maximum atomic E-state index is 11.4. The lowest BCUT2D eigenvalue weighted by Gasteiger charge is -2.18. The summed E-state index contributed by atoms with van der Waals surface area (Å²) in [7, 11) is 0. The Morgan fingerprint density at radius 1 is 1.42 bits per heavy atom. The molecular formula is C10H20O2. The minimum atomic E-state index is -0.270. The van der Waals surface area contributed by atoms with Crippen LogP contribution < -0.4 is 0 Å². The number of rotatable bonds is 4. The van der Waals surface area contributed by atoms with Gasteiger partial charge in [0.15, 0.2) is 5.78 Å². The molecule has 0 saturated carbocycles. The molecule has 0 aliphatic rings. The number of ketones is 1. The fraction of sp³-hybridized carbons (Fsp3) is 0.900. The molecule has 0 heterocycles. The molecule has 2 heteroatoms. The molecule has 0 radical (unpaired) electrons. The van der Waals surface area contributed by atoms with Gasteiger partial charge in [0.1, 0.15) is 6.61 Å². The number of carbonyl (C=O) groups excluding carboxylic acids is 1. The van der Waals surface area contributed by atoms with Crippen LogP contribution in [0.1, 0.15) is 41.0 Å². The highest BCUT2D eigenvalue weighted by molar-refractivity contribution is 5.84. The summed E-state index contributed by atoms with van der Waals surface area (Å²) in [5.41, 5.74) is -0.270. The number of hydrogen-bond donors (Lipinski definition) is 0. The molecule has 12 heavy (non-hydrogen) atoms. The maximum Gasteiger partial charge on any atom is 0.163 e. The van der Waals surface area contributed by atoms with Crippen molar-refractivity contribution in [2.45, 2.75) is 47.1 Å². The minimum Gasteiger partial charge on any atom is -0.371 e. The lowest BCUT2D eigenvalue weighted by Crippen LogP contribution is -2.26. The average molecular weight is 172 g/mol. The second kappa shape index (κ2) is 4.61. The first-order chi connectivity index (χ1) is 5.38. The van der Waals surface area contributed by atoms with Gasteiger partial charge in [-0.3, -0.25) is 4.79 Å². The highest BCUT2D eigenvalue weighted by Gasteiger charge is 2.21. The summed E-state index contributed by atoms with van der Waals surface area (Å²) in [6.07, 6.45) is 1.15. The first-order valence-electron chi connectivity index (χ1n) is 4.52. The van der Waals surface area contributed by atoms with E-state index < -0.39 is 0 Å². The summed E-state index contributed by atoms with van der Waals surface area (Å²) in [5, 5.41) is 0. The molecule has 0 aromatic rings. The maximum absolute atomic E-state index is 11.4. The van der Waals surface area contributed by atoms with Gasteiger partial charge in [-0.05, 0) is 13.3 Å². The van der Waals surface area contributed by atoms with Gasteiger partial charge in [0, 0.05) is 5.41 Å². The van der Waals surface area contributed by atoms with Gasteiger partial charge < -0.3 is 4.74 Å². The van der Waals surface area contributed by atoms with Crippen LogP contribution in [0.15, 0.2) is 0 Å². The van der Waals surface area contributed by atoms with Crippen molar-refractivity contribution >= 4 is 5.78 Å². The topological polar surface area (TPSA) is 26.3 Å². The van der Waals surface area contributed by atoms with Crippen LogP contribution in [0.3, 0.4) is 0 Å². The van der Waals surface area contributed by atoms with Crippen molar-refractivity contribution < 1.29 is 9.53 Å². The fourth-order valence-electron chi connectivity index (χ4n) is 0.552. The van der Waals surface area contributed by atoms with Gasteiger partial charge in [-0.15, -0.1) is 0 Å². The summed E-state index contributed by atoms with van der Waals surface area (Å²) in [6, 6.07) is 0. The van der Waals surface area contributed by atoms with Crippen LogP contribution in [0.4, 0.5) is 0 Å². The van der Waals surface area contributed by atoms with Crippen LogP contribution in [0.2, 0.25) is 0 Å². The van der Waals surface area contributed by atoms with Crippen LogP contribution in [-0.2, 0) is 9.53 Å². The van der Waals surface area contributed by atoms with Gasteiger partial charge in [-0.2, -0.15) is 0 Å². The largest absolute Gasteiger partial charge is 0.371 e. The zero-order chi connectivity index (χ0) is 9.78.